The molecule has 0 aromatic carbocycles. The Morgan fingerprint density at radius 3 is 2.65 bits per heavy atom. The lowest BCUT2D eigenvalue weighted by Crippen LogP contribution is -2.48. The van der Waals surface area contributed by atoms with E-state index in [9.17, 15) is 9.59 Å². The number of nitrogens with one attached hydrogen (secondary N) is 2. The molecule has 0 spiro atoms. The molecule has 0 saturated carbocycles. The van der Waals surface area contributed by atoms with Crippen LogP contribution in [0.3, 0.4) is 0 Å². The summed E-state index contributed by atoms with van der Waals surface area (Å²) in [6, 6.07) is 4.14. The highest BCUT2D eigenvalue weighted by atomic mass is 32.1. The third kappa shape index (κ3) is 4.95. The summed E-state index contributed by atoms with van der Waals surface area (Å²) in [5.74, 6) is -1.07. The lowest BCUT2D eigenvalue weighted by molar-refractivity contribution is -0.139. The van der Waals surface area contributed by atoms with Crippen molar-refractivity contribution in [2.45, 2.75) is 50.4 Å². The largest absolute Gasteiger partial charge is 0.381 e. The molecule has 1 aromatic rings. The second-order valence-corrected chi connectivity index (χ2v) is 8.11. The number of rotatable bonds is 6. The van der Waals surface area contributed by atoms with Gasteiger partial charge in [-0.1, -0.05) is 17.7 Å². The average molecular weight is 377 g/mol. The van der Waals surface area contributed by atoms with Crippen LogP contribution in [0.15, 0.2) is 29.2 Å². The standard InChI is InChI=1S/C20H28N2O3S/c23-18(21-11-8-16-5-2-1-3-6-16)19(24)22-15-20(9-12-25-13-10-20)17-7-4-14-26-17/h4-5,7,14H,1-3,6,8-13,15H2,(H,21,23)(H,22,24). The van der Waals surface area contributed by atoms with E-state index in [4.69, 9.17) is 4.74 Å². The van der Waals surface area contributed by atoms with Crippen LogP contribution in [0.1, 0.15) is 49.8 Å². The minimum atomic E-state index is -0.537. The van der Waals surface area contributed by atoms with E-state index in [1.165, 1.54) is 23.3 Å². The zero-order chi connectivity index (χ0) is 18.2. The number of thiophene rings is 1. The molecule has 26 heavy (non-hydrogen) atoms. The van der Waals surface area contributed by atoms with Crippen molar-refractivity contribution in [2.24, 2.45) is 0 Å². The summed E-state index contributed by atoms with van der Waals surface area (Å²) in [5, 5.41) is 7.66. The van der Waals surface area contributed by atoms with Gasteiger partial charge in [-0.25, -0.2) is 0 Å². The number of amides is 2. The van der Waals surface area contributed by atoms with Gasteiger partial charge in [-0.15, -0.1) is 11.3 Å². The molecule has 2 aliphatic rings. The van der Waals surface area contributed by atoms with Crippen LogP contribution in [0, 0.1) is 0 Å². The van der Waals surface area contributed by atoms with E-state index >= 15 is 0 Å². The van der Waals surface area contributed by atoms with E-state index in [2.05, 4.69) is 28.2 Å². The fourth-order valence-corrected chi connectivity index (χ4v) is 4.72. The molecule has 0 radical (unpaired) electrons. The van der Waals surface area contributed by atoms with Gasteiger partial charge in [-0.05, 0) is 56.4 Å². The van der Waals surface area contributed by atoms with Crippen molar-refractivity contribution in [3.05, 3.63) is 34.0 Å². The van der Waals surface area contributed by atoms with Gasteiger partial charge < -0.3 is 15.4 Å². The molecule has 3 rings (SSSR count). The van der Waals surface area contributed by atoms with Crippen LogP contribution in [0.2, 0.25) is 0 Å². The molecule has 142 valence electrons. The van der Waals surface area contributed by atoms with Crippen LogP contribution < -0.4 is 10.6 Å². The number of hydrogen-bond acceptors (Lipinski definition) is 4. The zero-order valence-corrected chi connectivity index (χ0v) is 16.0. The first kappa shape index (κ1) is 19.1. The highest BCUT2D eigenvalue weighted by Gasteiger charge is 2.36. The fraction of sp³-hybridized carbons (Fsp3) is 0.600. The molecule has 0 bridgehead atoms. The van der Waals surface area contributed by atoms with Crippen LogP contribution >= 0.6 is 11.3 Å². The van der Waals surface area contributed by atoms with Gasteiger partial charge in [-0.3, -0.25) is 9.59 Å². The Morgan fingerprint density at radius 2 is 1.96 bits per heavy atom. The van der Waals surface area contributed by atoms with Gasteiger partial charge in [0.25, 0.3) is 0 Å². The van der Waals surface area contributed by atoms with Crippen LogP contribution in [0.25, 0.3) is 0 Å². The minimum absolute atomic E-state index is 0.116. The van der Waals surface area contributed by atoms with Crippen LogP contribution in [-0.2, 0) is 19.7 Å². The van der Waals surface area contributed by atoms with Gasteiger partial charge in [-0.2, -0.15) is 0 Å². The molecule has 6 heteroatoms. The molecule has 2 amide bonds. The van der Waals surface area contributed by atoms with Gasteiger partial charge in [0, 0.05) is 36.6 Å². The van der Waals surface area contributed by atoms with E-state index < -0.39 is 11.8 Å². The topological polar surface area (TPSA) is 67.4 Å². The molecule has 1 aliphatic heterocycles. The molecule has 0 atom stereocenters. The number of carbonyl (C=O) groups is 2. The SMILES string of the molecule is O=C(NCCC1=CCCCC1)C(=O)NCC1(c2cccs2)CCOCC1. The molecule has 1 saturated heterocycles. The van der Waals surface area contributed by atoms with Crippen molar-refractivity contribution >= 4 is 23.2 Å². The van der Waals surface area contributed by atoms with Crippen LogP contribution in [0.4, 0.5) is 0 Å². The maximum absolute atomic E-state index is 12.2. The third-order valence-corrected chi connectivity index (χ3v) is 6.52. The summed E-state index contributed by atoms with van der Waals surface area (Å²) in [7, 11) is 0. The van der Waals surface area contributed by atoms with E-state index in [-0.39, 0.29) is 5.41 Å². The normalized spacial score (nSPS) is 19.5. The first-order chi connectivity index (χ1) is 12.7. The molecule has 5 nitrogen and oxygen atoms in total. The number of allylic oxidation sites excluding steroid dienone is 1. The molecule has 1 aromatic heterocycles. The summed E-state index contributed by atoms with van der Waals surface area (Å²) in [5.41, 5.74) is 1.28. The van der Waals surface area contributed by atoms with E-state index in [0.29, 0.717) is 26.3 Å². The van der Waals surface area contributed by atoms with Crippen LogP contribution in [0.5, 0.6) is 0 Å². The van der Waals surface area contributed by atoms with Crippen molar-refractivity contribution in [1.29, 1.82) is 0 Å². The Bertz CT molecular complexity index is 633. The van der Waals surface area contributed by atoms with Crippen molar-refractivity contribution in [3.8, 4) is 0 Å². The Kier molecular flexibility index (Phi) is 6.86. The van der Waals surface area contributed by atoms with Gasteiger partial charge >= 0.3 is 11.8 Å². The predicted molar refractivity (Wildman–Crippen MR) is 103 cm³/mol. The Morgan fingerprint density at radius 1 is 1.15 bits per heavy atom. The van der Waals surface area contributed by atoms with Crippen molar-refractivity contribution in [2.75, 3.05) is 26.3 Å². The first-order valence-corrected chi connectivity index (χ1v) is 10.4. The highest BCUT2D eigenvalue weighted by Crippen LogP contribution is 2.36. The minimum Gasteiger partial charge on any atom is -0.381 e. The Hall–Kier alpha value is -1.66. The second-order valence-electron chi connectivity index (χ2n) is 7.17. The maximum Gasteiger partial charge on any atom is 0.309 e. The van der Waals surface area contributed by atoms with Crippen molar-refractivity contribution in [1.82, 2.24) is 10.6 Å². The summed E-state index contributed by atoms with van der Waals surface area (Å²) >= 11 is 1.70. The Labute approximate surface area is 159 Å². The lowest BCUT2D eigenvalue weighted by atomic mass is 9.78. The Balaban J connectivity index is 1.47. The van der Waals surface area contributed by atoms with E-state index in [1.807, 2.05) is 6.07 Å². The summed E-state index contributed by atoms with van der Waals surface area (Å²) < 4.78 is 5.50. The highest BCUT2D eigenvalue weighted by molar-refractivity contribution is 7.10. The molecule has 0 unspecified atom stereocenters. The summed E-state index contributed by atoms with van der Waals surface area (Å²) in [6.07, 6.45) is 9.59. The molecule has 1 aliphatic carbocycles. The average Bonchev–Trinajstić information content (AvgIpc) is 3.23. The first-order valence-electron chi connectivity index (χ1n) is 9.55. The van der Waals surface area contributed by atoms with E-state index in [0.717, 1.165) is 32.1 Å². The van der Waals surface area contributed by atoms with Crippen molar-refractivity contribution < 1.29 is 14.3 Å². The van der Waals surface area contributed by atoms with Gasteiger partial charge in [0.1, 0.15) is 0 Å². The molecule has 2 N–H and O–H groups in total. The number of ether oxygens (including phenoxy) is 1. The second kappa shape index (κ2) is 9.33. The van der Waals surface area contributed by atoms with Crippen molar-refractivity contribution in [3.63, 3.8) is 0 Å². The van der Waals surface area contributed by atoms with Gasteiger partial charge in [0.2, 0.25) is 0 Å². The van der Waals surface area contributed by atoms with Gasteiger partial charge in [0.15, 0.2) is 0 Å². The van der Waals surface area contributed by atoms with Crippen LogP contribution in [-0.4, -0.2) is 38.1 Å². The predicted octanol–water partition coefficient (Wildman–Crippen LogP) is 2.92. The summed E-state index contributed by atoms with van der Waals surface area (Å²) in [6.45, 7) is 2.39. The molecule has 1 fully saturated rings. The zero-order valence-electron chi connectivity index (χ0n) is 15.2. The maximum atomic E-state index is 12.2. The van der Waals surface area contributed by atoms with Gasteiger partial charge in [0.05, 0.1) is 0 Å². The lowest BCUT2D eigenvalue weighted by Gasteiger charge is -2.36. The quantitative estimate of drug-likeness (QED) is 0.593. The molecular formula is C20H28N2O3S. The summed E-state index contributed by atoms with van der Waals surface area (Å²) in [4.78, 5) is 25.6. The molecular weight excluding hydrogens is 348 g/mol. The molecule has 2 heterocycles. The number of hydrogen-bond donors (Lipinski definition) is 2. The monoisotopic (exact) mass is 376 g/mol. The number of carbonyl (C=O) groups excluding carboxylic acids is 2. The smallest absolute Gasteiger partial charge is 0.309 e. The third-order valence-electron chi connectivity index (χ3n) is 5.40. The fourth-order valence-electron chi connectivity index (χ4n) is 3.73. The van der Waals surface area contributed by atoms with E-state index in [1.54, 1.807) is 11.3 Å².